The van der Waals surface area contributed by atoms with Crippen molar-refractivity contribution in [3.05, 3.63) is 0 Å². The molecule has 0 aromatic carbocycles. The Kier molecular flexibility index (Phi) is 1.94. The minimum atomic E-state index is 0.591. The maximum Gasteiger partial charge on any atom is 0.0224 e. The van der Waals surface area contributed by atoms with Crippen LogP contribution in [0.1, 0.15) is 39.5 Å². The second kappa shape index (κ2) is 2.96. The van der Waals surface area contributed by atoms with Crippen molar-refractivity contribution in [2.75, 3.05) is 19.6 Å². The molecule has 1 aliphatic carbocycles. The average molecular weight is 194 g/mol. The zero-order chi connectivity index (χ0) is 9.76. The summed E-state index contributed by atoms with van der Waals surface area (Å²) in [4.78, 5) is 5.51. The second-order valence-corrected chi connectivity index (χ2v) is 5.79. The van der Waals surface area contributed by atoms with Crippen molar-refractivity contribution >= 4 is 0 Å². The number of rotatable bonds is 1. The van der Waals surface area contributed by atoms with Gasteiger partial charge in [0.2, 0.25) is 0 Å². The normalized spacial score (nSPS) is 42.4. The van der Waals surface area contributed by atoms with Crippen LogP contribution in [-0.2, 0) is 0 Å². The van der Waals surface area contributed by atoms with E-state index >= 15 is 0 Å². The van der Waals surface area contributed by atoms with Gasteiger partial charge in [0.05, 0.1) is 0 Å². The molecule has 0 amide bonds. The molecule has 2 atom stereocenters. The summed E-state index contributed by atoms with van der Waals surface area (Å²) >= 11 is 0. The Morgan fingerprint density at radius 3 is 2.71 bits per heavy atom. The van der Waals surface area contributed by atoms with E-state index in [9.17, 15) is 0 Å². The van der Waals surface area contributed by atoms with Crippen molar-refractivity contribution in [3.8, 4) is 0 Å². The number of nitrogens with zero attached hydrogens (tertiary/aromatic N) is 2. The Balaban J connectivity index is 1.74. The molecule has 3 fully saturated rings. The largest absolute Gasteiger partial charge is 0.298 e. The first kappa shape index (κ1) is 9.17. The SMILES string of the molecule is CC1CN2CCCC2CN1C1(C)CC1. The van der Waals surface area contributed by atoms with Gasteiger partial charge in [-0.15, -0.1) is 0 Å². The summed E-state index contributed by atoms with van der Waals surface area (Å²) in [6.45, 7) is 8.89. The van der Waals surface area contributed by atoms with Gasteiger partial charge in [-0.2, -0.15) is 0 Å². The minimum absolute atomic E-state index is 0.591. The highest BCUT2D eigenvalue weighted by Gasteiger charge is 2.48. The van der Waals surface area contributed by atoms with Crippen LogP contribution < -0.4 is 0 Å². The molecule has 2 heterocycles. The lowest BCUT2D eigenvalue weighted by molar-refractivity contribution is 0.0240. The molecule has 0 aromatic heterocycles. The molecule has 0 N–H and O–H groups in total. The third kappa shape index (κ3) is 1.31. The fraction of sp³-hybridized carbons (Fsp3) is 1.00. The van der Waals surface area contributed by atoms with Gasteiger partial charge in [-0.1, -0.05) is 0 Å². The van der Waals surface area contributed by atoms with Crippen molar-refractivity contribution in [2.45, 2.75) is 57.2 Å². The van der Waals surface area contributed by atoms with Crippen LogP contribution in [0.2, 0.25) is 0 Å². The standard InChI is InChI=1S/C12H22N2/c1-10-8-13-7-3-4-11(13)9-14(10)12(2)5-6-12/h10-11H,3-9H2,1-2H3. The highest BCUT2D eigenvalue weighted by Crippen LogP contribution is 2.44. The van der Waals surface area contributed by atoms with Gasteiger partial charge in [0.1, 0.15) is 0 Å². The molecule has 0 spiro atoms. The summed E-state index contributed by atoms with van der Waals surface area (Å²) in [5.41, 5.74) is 0.591. The highest BCUT2D eigenvalue weighted by atomic mass is 15.4. The highest BCUT2D eigenvalue weighted by molar-refractivity contribution is 5.05. The quantitative estimate of drug-likeness (QED) is 0.627. The third-order valence-corrected chi connectivity index (χ3v) is 4.60. The molecule has 0 aromatic rings. The Labute approximate surface area is 87.3 Å². The van der Waals surface area contributed by atoms with Crippen LogP contribution >= 0.6 is 0 Å². The molecule has 3 rings (SSSR count). The monoisotopic (exact) mass is 194 g/mol. The summed E-state index contributed by atoms with van der Waals surface area (Å²) < 4.78 is 0. The predicted octanol–water partition coefficient (Wildman–Crippen LogP) is 1.71. The van der Waals surface area contributed by atoms with E-state index in [1.165, 1.54) is 45.3 Å². The molecule has 2 saturated heterocycles. The van der Waals surface area contributed by atoms with E-state index in [2.05, 4.69) is 23.6 Å². The van der Waals surface area contributed by atoms with Gasteiger partial charge in [-0.3, -0.25) is 9.80 Å². The topological polar surface area (TPSA) is 6.48 Å². The van der Waals surface area contributed by atoms with E-state index in [1.54, 1.807) is 0 Å². The number of piperazine rings is 1. The van der Waals surface area contributed by atoms with Gasteiger partial charge in [-0.25, -0.2) is 0 Å². The lowest BCUT2D eigenvalue weighted by Crippen LogP contribution is -2.58. The van der Waals surface area contributed by atoms with Crippen LogP contribution in [0.3, 0.4) is 0 Å². The van der Waals surface area contributed by atoms with Crippen LogP contribution in [0.15, 0.2) is 0 Å². The summed E-state index contributed by atoms with van der Waals surface area (Å²) in [6.07, 6.45) is 5.75. The molecular weight excluding hydrogens is 172 g/mol. The maximum atomic E-state index is 2.79. The van der Waals surface area contributed by atoms with Gasteiger partial charge in [0.25, 0.3) is 0 Å². The summed E-state index contributed by atoms with van der Waals surface area (Å²) in [5.74, 6) is 0. The van der Waals surface area contributed by atoms with E-state index in [-0.39, 0.29) is 0 Å². The Morgan fingerprint density at radius 1 is 1.21 bits per heavy atom. The average Bonchev–Trinajstić information content (AvgIpc) is 2.75. The number of hydrogen-bond donors (Lipinski definition) is 0. The van der Waals surface area contributed by atoms with Crippen molar-refractivity contribution in [3.63, 3.8) is 0 Å². The van der Waals surface area contributed by atoms with Gasteiger partial charge in [-0.05, 0) is 46.1 Å². The van der Waals surface area contributed by atoms with Gasteiger partial charge < -0.3 is 0 Å². The number of hydrogen-bond acceptors (Lipinski definition) is 2. The van der Waals surface area contributed by atoms with E-state index in [0.717, 1.165) is 12.1 Å². The molecule has 2 nitrogen and oxygen atoms in total. The molecule has 3 aliphatic rings. The van der Waals surface area contributed by atoms with E-state index in [4.69, 9.17) is 0 Å². The fourth-order valence-electron chi connectivity index (χ4n) is 3.41. The molecular formula is C12H22N2. The molecule has 1 saturated carbocycles. The first-order chi connectivity index (χ1) is 6.69. The summed E-state index contributed by atoms with van der Waals surface area (Å²) in [7, 11) is 0. The van der Waals surface area contributed by atoms with Crippen LogP contribution in [0.25, 0.3) is 0 Å². The van der Waals surface area contributed by atoms with Crippen LogP contribution in [0, 0.1) is 0 Å². The van der Waals surface area contributed by atoms with E-state index in [0.29, 0.717) is 5.54 Å². The van der Waals surface area contributed by atoms with Crippen molar-refractivity contribution in [1.29, 1.82) is 0 Å². The van der Waals surface area contributed by atoms with E-state index < -0.39 is 0 Å². The van der Waals surface area contributed by atoms with Crippen LogP contribution in [0.4, 0.5) is 0 Å². The van der Waals surface area contributed by atoms with E-state index in [1.807, 2.05) is 0 Å². The fourth-order valence-corrected chi connectivity index (χ4v) is 3.41. The Bertz CT molecular complexity index is 234. The zero-order valence-corrected chi connectivity index (χ0v) is 9.50. The smallest absolute Gasteiger partial charge is 0.0224 e. The summed E-state index contributed by atoms with van der Waals surface area (Å²) in [6, 6.07) is 1.68. The molecule has 2 unspecified atom stereocenters. The second-order valence-electron chi connectivity index (χ2n) is 5.79. The van der Waals surface area contributed by atoms with Crippen molar-refractivity contribution < 1.29 is 0 Å². The van der Waals surface area contributed by atoms with Gasteiger partial charge in [0.15, 0.2) is 0 Å². The van der Waals surface area contributed by atoms with Crippen LogP contribution in [0.5, 0.6) is 0 Å². The predicted molar refractivity (Wildman–Crippen MR) is 58.4 cm³/mol. The van der Waals surface area contributed by atoms with Crippen molar-refractivity contribution in [2.24, 2.45) is 0 Å². The Morgan fingerprint density at radius 2 is 2.00 bits per heavy atom. The molecule has 2 aliphatic heterocycles. The first-order valence-electron chi connectivity index (χ1n) is 6.20. The maximum absolute atomic E-state index is 2.79. The number of fused-ring (bicyclic) bond motifs is 1. The van der Waals surface area contributed by atoms with Crippen molar-refractivity contribution in [1.82, 2.24) is 9.80 Å². The molecule has 14 heavy (non-hydrogen) atoms. The molecule has 80 valence electrons. The zero-order valence-electron chi connectivity index (χ0n) is 9.50. The Hall–Kier alpha value is -0.0800. The summed E-state index contributed by atoms with van der Waals surface area (Å²) in [5, 5.41) is 0. The van der Waals surface area contributed by atoms with Gasteiger partial charge in [0, 0.05) is 30.7 Å². The molecule has 2 heteroatoms. The molecule has 0 bridgehead atoms. The van der Waals surface area contributed by atoms with Gasteiger partial charge >= 0.3 is 0 Å². The third-order valence-electron chi connectivity index (χ3n) is 4.60. The van der Waals surface area contributed by atoms with Crippen LogP contribution in [-0.4, -0.2) is 47.1 Å². The first-order valence-corrected chi connectivity index (χ1v) is 6.20. The molecule has 0 radical (unpaired) electrons. The lowest BCUT2D eigenvalue weighted by Gasteiger charge is -2.45. The minimum Gasteiger partial charge on any atom is -0.298 e. The lowest BCUT2D eigenvalue weighted by atomic mass is 10.0.